The number of likely N-dealkylation sites (tertiary alicyclic amines) is 1. The van der Waals surface area contributed by atoms with E-state index in [1.807, 2.05) is 0 Å². The van der Waals surface area contributed by atoms with Crippen LogP contribution in [0.25, 0.3) is 0 Å². The lowest BCUT2D eigenvalue weighted by atomic mass is 9.97. The molecule has 2 heterocycles. The molecule has 3 fully saturated rings. The fourth-order valence-electron chi connectivity index (χ4n) is 3.49. The Morgan fingerprint density at radius 1 is 1.38 bits per heavy atom. The van der Waals surface area contributed by atoms with Gasteiger partial charge in [0, 0.05) is 12.6 Å². The second-order valence-corrected chi connectivity index (χ2v) is 5.60. The SMILES string of the molecule is CN1CCC(N2CNC3(CCCC3)C2=O)C1. The van der Waals surface area contributed by atoms with E-state index in [9.17, 15) is 4.79 Å². The highest BCUT2D eigenvalue weighted by molar-refractivity contribution is 5.89. The molecule has 3 rings (SSSR count). The van der Waals surface area contributed by atoms with E-state index in [2.05, 4.69) is 22.2 Å². The van der Waals surface area contributed by atoms with Crippen molar-refractivity contribution in [3.63, 3.8) is 0 Å². The van der Waals surface area contributed by atoms with Crippen LogP contribution in [0.15, 0.2) is 0 Å². The standard InChI is InChI=1S/C12H21N3O/c1-14-7-4-10(8-14)15-9-13-12(11(15)16)5-2-3-6-12/h10,13H,2-9H2,1H3. The second kappa shape index (κ2) is 3.70. The van der Waals surface area contributed by atoms with Crippen LogP contribution in [0.5, 0.6) is 0 Å². The van der Waals surface area contributed by atoms with Crippen molar-refractivity contribution in [1.29, 1.82) is 0 Å². The first-order valence-corrected chi connectivity index (χ1v) is 6.46. The summed E-state index contributed by atoms with van der Waals surface area (Å²) in [6.07, 6.45) is 5.64. The quantitative estimate of drug-likeness (QED) is 0.698. The summed E-state index contributed by atoms with van der Waals surface area (Å²) in [5, 5.41) is 3.48. The molecule has 1 aliphatic carbocycles. The fourth-order valence-corrected chi connectivity index (χ4v) is 3.49. The first-order chi connectivity index (χ1) is 7.71. The van der Waals surface area contributed by atoms with Gasteiger partial charge in [-0.25, -0.2) is 0 Å². The van der Waals surface area contributed by atoms with Crippen molar-refractivity contribution in [3.05, 3.63) is 0 Å². The van der Waals surface area contributed by atoms with Crippen LogP contribution >= 0.6 is 0 Å². The summed E-state index contributed by atoms with van der Waals surface area (Å²) in [6, 6.07) is 0.449. The zero-order valence-electron chi connectivity index (χ0n) is 10.0. The average molecular weight is 223 g/mol. The minimum Gasteiger partial charge on any atom is -0.324 e. The number of nitrogens with zero attached hydrogens (tertiary/aromatic N) is 2. The molecule has 2 aliphatic heterocycles. The molecule has 16 heavy (non-hydrogen) atoms. The third kappa shape index (κ3) is 1.47. The van der Waals surface area contributed by atoms with Gasteiger partial charge >= 0.3 is 0 Å². The van der Waals surface area contributed by atoms with Gasteiger partial charge in [0.05, 0.1) is 12.2 Å². The highest BCUT2D eigenvalue weighted by Crippen LogP contribution is 2.35. The predicted octanol–water partition coefficient (Wildman–Crippen LogP) is 0.393. The summed E-state index contributed by atoms with van der Waals surface area (Å²) in [7, 11) is 2.14. The van der Waals surface area contributed by atoms with E-state index in [1.54, 1.807) is 0 Å². The zero-order chi connectivity index (χ0) is 11.2. The van der Waals surface area contributed by atoms with Crippen molar-refractivity contribution in [2.75, 3.05) is 26.8 Å². The van der Waals surface area contributed by atoms with E-state index in [0.29, 0.717) is 11.9 Å². The van der Waals surface area contributed by atoms with Crippen molar-refractivity contribution in [2.24, 2.45) is 0 Å². The van der Waals surface area contributed by atoms with Gasteiger partial charge in [0.15, 0.2) is 0 Å². The third-order valence-electron chi connectivity index (χ3n) is 4.52. The van der Waals surface area contributed by atoms with E-state index in [-0.39, 0.29) is 5.54 Å². The number of amides is 1. The van der Waals surface area contributed by atoms with E-state index < -0.39 is 0 Å². The van der Waals surface area contributed by atoms with Gasteiger partial charge in [-0.2, -0.15) is 0 Å². The maximum Gasteiger partial charge on any atom is 0.244 e. The lowest BCUT2D eigenvalue weighted by molar-refractivity contribution is -0.133. The van der Waals surface area contributed by atoms with Gasteiger partial charge in [0.2, 0.25) is 5.91 Å². The summed E-state index contributed by atoms with van der Waals surface area (Å²) >= 11 is 0. The Bertz CT molecular complexity index is 299. The molecule has 1 N–H and O–H groups in total. The van der Waals surface area contributed by atoms with Crippen LogP contribution in [0, 0.1) is 0 Å². The van der Waals surface area contributed by atoms with E-state index in [4.69, 9.17) is 0 Å². The van der Waals surface area contributed by atoms with Gasteiger partial charge in [-0.3, -0.25) is 10.1 Å². The van der Waals surface area contributed by atoms with Gasteiger partial charge < -0.3 is 9.80 Å². The number of rotatable bonds is 1. The molecule has 0 aromatic rings. The lowest BCUT2D eigenvalue weighted by Gasteiger charge is -2.25. The first-order valence-electron chi connectivity index (χ1n) is 6.46. The van der Waals surface area contributed by atoms with Gasteiger partial charge in [0.25, 0.3) is 0 Å². The number of carbonyl (C=O) groups is 1. The molecular formula is C12H21N3O. The third-order valence-corrected chi connectivity index (χ3v) is 4.52. The molecule has 1 amide bonds. The highest BCUT2D eigenvalue weighted by Gasteiger charge is 2.50. The van der Waals surface area contributed by atoms with E-state index in [0.717, 1.165) is 39.0 Å². The van der Waals surface area contributed by atoms with Crippen LogP contribution in [0.1, 0.15) is 32.1 Å². The predicted molar refractivity (Wildman–Crippen MR) is 61.9 cm³/mol. The van der Waals surface area contributed by atoms with Crippen molar-refractivity contribution in [3.8, 4) is 0 Å². The van der Waals surface area contributed by atoms with E-state index in [1.165, 1.54) is 12.8 Å². The zero-order valence-corrected chi connectivity index (χ0v) is 10.0. The Hall–Kier alpha value is -0.610. The molecule has 90 valence electrons. The van der Waals surface area contributed by atoms with Crippen LogP contribution < -0.4 is 5.32 Å². The lowest BCUT2D eigenvalue weighted by Crippen LogP contribution is -2.46. The minimum absolute atomic E-state index is 0.166. The molecular weight excluding hydrogens is 202 g/mol. The van der Waals surface area contributed by atoms with Crippen molar-refractivity contribution in [2.45, 2.75) is 43.7 Å². The summed E-state index contributed by atoms with van der Waals surface area (Å²) in [5.41, 5.74) is -0.166. The van der Waals surface area contributed by atoms with Gasteiger partial charge in [-0.15, -0.1) is 0 Å². The normalized spacial score (nSPS) is 34.4. The summed E-state index contributed by atoms with van der Waals surface area (Å²) in [4.78, 5) is 16.9. The first kappa shape index (κ1) is 10.5. The molecule has 0 aromatic heterocycles. The maximum atomic E-state index is 12.5. The van der Waals surface area contributed by atoms with Crippen LogP contribution in [0.4, 0.5) is 0 Å². The number of likely N-dealkylation sites (N-methyl/N-ethyl adjacent to an activating group) is 1. The maximum absolute atomic E-state index is 12.5. The van der Waals surface area contributed by atoms with Crippen LogP contribution in [0.3, 0.4) is 0 Å². The summed E-state index contributed by atoms with van der Waals surface area (Å²) in [6.45, 7) is 2.95. The number of carbonyl (C=O) groups excluding carboxylic acids is 1. The van der Waals surface area contributed by atoms with Gasteiger partial charge in [-0.05, 0) is 32.9 Å². The Morgan fingerprint density at radius 3 is 2.75 bits per heavy atom. The Morgan fingerprint density at radius 2 is 2.12 bits per heavy atom. The molecule has 1 unspecified atom stereocenters. The number of hydrogen-bond donors (Lipinski definition) is 1. The summed E-state index contributed by atoms with van der Waals surface area (Å²) < 4.78 is 0. The smallest absolute Gasteiger partial charge is 0.244 e. The fraction of sp³-hybridized carbons (Fsp3) is 0.917. The molecule has 1 saturated carbocycles. The van der Waals surface area contributed by atoms with E-state index >= 15 is 0 Å². The van der Waals surface area contributed by atoms with Gasteiger partial charge in [-0.1, -0.05) is 12.8 Å². The molecule has 2 saturated heterocycles. The molecule has 3 aliphatic rings. The molecule has 0 bridgehead atoms. The number of hydrogen-bond acceptors (Lipinski definition) is 3. The second-order valence-electron chi connectivity index (χ2n) is 5.60. The molecule has 4 heteroatoms. The van der Waals surface area contributed by atoms with Crippen molar-refractivity contribution < 1.29 is 4.79 Å². The van der Waals surface area contributed by atoms with Gasteiger partial charge in [0.1, 0.15) is 0 Å². The highest BCUT2D eigenvalue weighted by atomic mass is 16.2. The Labute approximate surface area is 97.0 Å². The molecule has 1 atom stereocenters. The molecule has 0 radical (unpaired) electrons. The number of nitrogens with one attached hydrogen (secondary N) is 1. The Kier molecular flexibility index (Phi) is 2.44. The summed E-state index contributed by atoms with van der Waals surface area (Å²) in [5.74, 6) is 0.380. The van der Waals surface area contributed by atoms with Crippen LogP contribution in [-0.2, 0) is 4.79 Å². The Balaban J connectivity index is 1.72. The molecule has 4 nitrogen and oxygen atoms in total. The van der Waals surface area contributed by atoms with Crippen LogP contribution in [-0.4, -0.2) is 54.1 Å². The monoisotopic (exact) mass is 223 g/mol. The largest absolute Gasteiger partial charge is 0.324 e. The van der Waals surface area contributed by atoms with Crippen molar-refractivity contribution in [1.82, 2.24) is 15.1 Å². The van der Waals surface area contributed by atoms with Crippen molar-refractivity contribution >= 4 is 5.91 Å². The van der Waals surface area contributed by atoms with Crippen LogP contribution in [0.2, 0.25) is 0 Å². The topological polar surface area (TPSA) is 35.6 Å². The molecule has 1 spiro atoms. The minimum atomic E-state index is -0.166. The molecule has 0 aromatic carbocycles. The average Bonchev–Trinajstić information content (AvgIpc) is 2.94.